The van der Waals surface area contributed by atoms with Gasteiger partial charge >= 0.3 is 0 Å². The van der Waals surface area contributed by atoms with Gasteiger partial charge in [0.25, 0.3) is 5.91 Å². The highest BCUT2D eigenvalue weighted by Gasteiger charge is 2.11. The highest BCUT2D eigenvalue weighted by Crippen LogP contribution is 2.14. The van der Waals surface area contributed by atoms with E-state index in [1.165, 1.54) is 16.9 Å². The number of amides is 1. The van der Waals surface area contributed by atoms with E-state index in [1.54, 1.807) is 6.20 Å². The van der Waals surface area contributed by atoms with Gasteiger partial charge in [-0.3, -0.25) is 4.79 Å². The fraction of sp³-hybridized carbons (Fsp3) is 0.538. The molecule has 0 spiro atoms. The van der Waals surface area contributed by atoms with E-state index in [0.29, 0.717) is 11.4 Å². The van der Waals surface area contributed by atoms with Crippen molar-refractivity contribution in [1.82, 2.24) is 15.6 Å². The molecule has 0 saturated heterocycles. The molecule has 2 heterocycles. The number of carbonyl (C=O) groups is 1. The van der Waals surface area contributed by atoms with Gasteiger partial charge in [-0.05, 0) is 25.8 Å². The zero-order valence-electron chi connectivity index (χ0n) is 11.5. The summed E-state index contributed by atoms with van der Waals surface area (Å²) in [6, 6.07) is 0. The zero-order chi connectivity index (χ0) is 12.8. The van der Waals surface area contributed by atoms with E-state index < -0.39 is 0 Å². The molecule has 0 aliphatic carbocycles. The predicted octanol–water partition coefficient (Wildman–Crippen LogP) is 2.59. The fourth-order valence-electron chi connectivity index (χ4n) is 1.86. The van der Waals surface area contributed by atoms with Crippen LogP contribution in [0.4, 0.5) is 0 Å². The molecule has 114 valence electrons. The van der Waals surface area contributed by atoms with Gasteiger partial charge in [-0.1, -0.05) is 18.6 Å². The van der Waals surface area contributed by atoms with Crippen molar-refractivity contribution in [2.45, 2.75) is 26.2 Å². The molecule has 4 nitrogen and oxygen atoms in total. The molecule has 1 amide bonds. The number of aryl methyl sites for hydroxylation is 1. The summed E-state index contributed by atoms with van der Waals surface area (Å²) >= 11 is 1.50. The van der Waals surface area contributed by atoms with Gasteiger partial charge in [-0.2, -0.15) is 0 Å². The molecule has 1 aliphatic heterocycles. The van der Waals surface area contributed by atoms with Crippen molar-refractivity contribution < 1.29 is 4.79 Å². The molecule has 0 fully saturated rings. The highest BCUT2D eigenvalue weighted by molar-refractivity contribution is 7.13. The average Bonchev–Trinajstić information content (AvgIpc) is 2.86. The topological polar surface area (TPSA) is 54.0 Å². The van der Waals surface area contributed by atoms with Crippen molar-refractivity contribution in [2.75, 3.05) is 19.6 Å². The van der Waals surface area contributed by atoms with Crippen LogP contribution in [0.2, 0.25) is 0 Å². The van der Waals surface area contributed by atoms with Gasteiger partial charge in [0.05, 0.1) is 11.2 Å². The minimum absolute atomic E-state index is 0. The number of carbonyl (C=O) groups excluding carboxylic acids is 1. The van der Waals surface area contributed by atoms with Crippen molar-refractivity contribution in [1.29, 1.82) is 0 Å². The molecule has 2 N–H and O–H groups in total. The molecule has 7 heteroatoms. The minimum Gasteiger partial charge on any atom is -0.348 e. The molecule has 1 aromatic rings. The third-order valence-corrected chi connectivity index (χ3v) is 3.93. The summed E-state index contributed by atoms with van der Waals surface area (Å²) in [6.45, 7) is 4.68. The van der Waals surface area contributed by atoms with Gasteiger partial charge in [0.15, 0.2) is 0 Å². The first-order chi connectivity index (χ1) is 8.79. The van der Waals surface area contributed by atoms with Crippen LogP contribution < -0.4 is 10.6 Å². The lowest BCUT2D eigenvalue weighted by molar-refractivity contribution is 0.0960. The Morgan fingerprint density at radius 2 is 2.30 bits per heavy atom. The lowest BCUT2D eigenvalue weighted by Gasteiger charge is -2.14. The average molecular weight is 338 g/mol. The second-order valence-corrected chi connectivity index (χ2v) is 5.48. The van der Waals surface area contributed by atoms with Crippen LogP contribution in [-0.4, -0.2) is 30.5 Å². The Hall–Kier alpha value is -0.620. The molecule has 0 unspecified atom stereocenters. The Kier molecular flexibility index (Phi) is 9.84. The van der Waals surface area contributed by atoms with Crippen LogP contribution in [-0.2, 0) is 6.42 Å². The summed E-state index contributed by atoms with van der Waals surface area (Å²) in [5.74, 6) is -0.00529. The maximum atomic E-state index is 11.9. The van der Waals surface area contributed by atoms with E-state index in [-0.39, 0.29) is 30.7 Å². The standard InChI is InChI=1S/C13H19N3OS.2ClH/c1-2-3-12-15-9-11(18-12)13(17)16-8-10-4-6-14-7-5-10;;/h4,9,14H,2-3,5-8H2,1H3,(H,16,17);2*1H. The van der Waals surface area contributed by atoms with Crippen molar-refractivity contribution in [3.63, 3.8) is 0 Å². The third kappa shape index (κ3) is 5.79. The molecule has 0 radical (unpaired) electrons. The SMILES string of the molecule is CCCc1ncc(C(=O)NCC2=CCNCC2)s1.Cl.Cl. The Bertz CT molecular complexity index is 449. The molecule has 0 saturated carbocycles. The maximum absolute atomic E-state index is 11.9. The van der Waals surface area contributed by atoms with Gasteiger partial charge in [0.1, 0.15) is 4.88 Å². The fourth-order valence-corrected chi connectivity index (χ4v) is 2.79. The lowest BCUT2D eigenvalue weighted by Crippen LogP contribution is -2.29. The van der Waals surface area contributed by atoms with Crippen LogP contribution in [0.25, 0.3) is 0 Å². The summed E-state index contributed by atoms with van der Waals surface area (Å²) < 4.78 is 0. The van der Waals surface area contributed by atoms with Gasteiger partial charge in [-0.15, -0.1) is 36.2 Å². The molecular formula is C13H21Cl2N3OS. The first-order valence-electron chi connectivity index (χ1n) is 6.41. The first-order valence-corrected chi connectivity index (χ1v) is 7.22. The summed E-state index contributed by atoms with van der Waals surface area (Å²) in [6.07, 6.45) is 6.87. The normalized spacial score (nSPS) is 13.8. The van der Waals surface area contributed by atoms with Crippen molar-refractivity contribution in [3.8, 4) is 0 Å². The summed E-state index contributed by atoms with van der Waals surface area (Å²) in [4.78, 5) is 16.9. The number of aromatic nitrogens is 1. The summed E-state index contributed by atoms with van der Waals surface area (Å²) in [5.41, 5.74) is 1.31. The second kappa shape index (κ2) is 10.2. The van der Waals surface area contributed by atoms with Crippen LogP contribution in [0.5, 0.6) is 0 Å². The second-order valence-electron chi connectivity index (χ2n) is 4.37. The largest absolute Gasteiger partial charge is 0.348 e. The molecule has 0 bridgehead atoms. The molecule has 0 aromatic carbocycles. The molecule has 20 heavy (non-hydrogen) atoms. The van der Waals surface area contributed by atoms with Crippen molar-refractivity contribution in [2.24, 2.45) is 0 Å². The maximum Gasteiger partial charge on any atom is 0.263 e. The predicted molar refractivity (Wildman–Crippen MR) is 88.5 cm³/mol. The molecule has 2 rings (SSSR count). The van der Waals surface area contributed by atoms with Gasteiger partial charge < -0.3 is 10.6 Å². The van der Waals surface area contributed by atoms with E-state index in [4.69, 9.17) is 0 Å². The number of thiazole rings is 1. The van der Waals surface area contributed by atoms with E-state index in [2.05, 4.69) is 28.6 Å². The van der Waals surface area contributed by atoms with Crippen LogP contribution in [0.15, 0.2) is 17.8 Å². The Labute approximate surface area is 136 Å². The summed E-state index contributed by atoms with van der Waals surface area (Å²) in [7, 11) is 0. The van der Waals surface area contributed by atoms with Crippen LogP contribution >= 0.6 is 36.2 Å². The van der Waals surface area contributed by atoms with Crippen molar-refractivity contribution in [3.05, 3.63) is 27.7 Å². The first kappa shape index (κ1) is 19.4. The number of hydrogen-bond acceptors (Lipinski definition) is 4. The van der Waals surface area contributed by atoms with E-state index in [0.717, 1.165) is 37.4 Å². The molecule has 0 atom stereocenters. The van der Waals surface area contributed by atoms with E-state index >= 15 is 0 Å². The Morgan fingerprint density at radius 1 is 1.50 bits per heavy atom. The smallest absolute Gasteiger partial charge is 0.263 e. The Morgan fingerprint density at radius 3 is 2.95 bits per heavy atom. The number of hydrogen-bond donors (Lipinski definition) is 2. The van der Waals surface area contributed by atoms with Gasteiger partial charge in [0, 0.05) is 13.1 Å². The van der Waals surface area contributed by atoms with Gasteiger partial charge in [0.2, 0.25) is 0 Å². The summed E-state index contributed by atoms with van der Waals surface area (Å²) in [5, 5.41) is 7.26. The monoisotopic (exact) mass is 337 g/mol. The van der Waals surface area contributed by atoms with Crippen LogP contribution in [0.1, 0.15) is 34.4 Å². The van der Waals surface area contributed by atoms with Crippen molar-refractivity contribution >= 4 is 42.1 Å². The van der Waals surface area contributed by atoms with E-state index in [1.807, 2.05) is 0 Å². The number of nitrogens with one attached hydrogen (secondary N) is 2. The Balaban J connectivity index is 0.00000180. The van der Waals surface area contributed by atoms with Crippen LogP contribution in [0.3, 0.4) is 0 Å². The zero-order valence-corrected chi connectivity index (χ0v) is 13.9. The molecular weight excluding hydrogens is 317 g/mol. The molecule has 1 aromatic heterocycles. The molecule has 1 aliphatic rings. The minimum atomic E-state index is -0.00529. The van der Waals surface area contributed by atoms with Gasteiger partial charge in [-0.25, -0.2) is 4.98 Å². The lowest BCUT2D eigenvalue weighted by atomic mass is 10.1. The number of halogens is 2. The third-order valence-electron chi connectivity index (χ3n) is 2.88. The number of rotatable bonds is 5. The quantitative estimate of drug-likeness (QED) is 0.812. The van der Waals surface area contributed by atoms with E-state index in [9.17, 15) is 4.79 Å². The van der Waals surface area contributed by atoms with Crippen LogP contribution in [0, 0.1) is 0 Å². The number of nitrogens with zero attached hydrogens (tertiary/aromatic N) is 1. The highest BCUT2D eigenvalue weighted by atomic mass is 35.5.